The van der Waals surface area contributed by atoms with Crippen molar-refractivity contribution >= 4 is 17.5 Å². The summed E-state index contributed by atoms with van der Waals surface area (Å²) in [5.41, 5.74) is -0.273. The Morgan fingerprint density at radius 1 is 1.38 bits per heavy atom. The van der Waals surface area contributed by atoms with E-state index in [0.717, 1.165) is 6.07 Å². The van der Waals surface area contributed by atoms with Crippen molar-refractivity contribution in [3.05, 3.63) is 28.1 Å². The number of benzene rings is 1. The molecule has 0 unspecified atom stereocenters. The molecule has 1 aromatic rings. The lowest BCUT2D eigenvalue weighted by Crippen LogP contribution is -2.48. The average Bonchev–Trinajstić information content (AvgIpc) is 2.45. The minimum Gasteiger partial charge on any atom is -0.490 e. The van der Waals surface area contributed by atoms with E-state index in [9.17, 15) is 19.3 Å². The van der Waals surface area contributed by atoms with Gasteiger partial charge in [0.25, 0.3) is 0 Å². The lowest BCUT2D eigenvalue weighted by Gasteiger charge is -2.34. The summed E-state index contributed by atoms with van der Waals surface area (Å²) in [5.74, 6) is -1.13. The number of hydrogen-bond acceptors (Lipinski definition) is 5. The van der Waals surface area contributed by atoms with Crippen LogP contribution in [0, 0.1) is 15.9 Å². The maximum Gasteiger partial charge on any atom is 0.407 e. The van der Waals surface area contributed by atoms with Gasteiger partial charge in [0.2, 0.25) is 11.6 Å². The second kappa shape index (κ2) is 5.81. The van der Waals surface area contributed by atoms with Gasteiger partial charge in [0.15, 0.2) is 0 Å². The molecule has 21 heavy (non-hydrogen) atoms. The minimum atomic E-state index is -0.998. The van der Waals surface area contributed by atoms with Gasteiger partial charge in [-0.3, -0.25) is 10.1 Å². The van der Waals surface area contributed by atoms with E-state index in [4.69, 9.17) is 9.84 Å². The van der Waals surface area contributed by atoms with Gasteiger partial charge in [-0.25, -0.2) is 4.79 Å². The van der Waals surface area contributed by atoms with E-state index < -0.39 is 22.5 Å². The van der Waals surface area contributed by atoms with Crippen LogP contribution in [-0.2, 0) is 0 Å². The van der Waals surface area contributed by atoms with Crippen molar-refractivity contribution in [1.29, 1.82) is 0 Å². The zero-order chi connectivity index (χ0) is 15.6. The summed E-state index contributed by atoms with van der Waals surface area (Å²) in [6.45, 7) is 1.34. The van der Waals surface area contributed by atoms with E-state index in [0.29, 0.717) is 18.8 Å². The molecule has 0 radical (unpaired) electrons. The fraction of sp³-hybridized carbons (Fsp3) is 0.417. The number of nitrogens with zero attached hydrogens (tertiary/aromatic N) is 3. The Morgan fingerprint density at radius 2 is 2.00 bits per heavy atom. The zero-order valence-corrected chi connectivity index (χ0v) is 11.3. The number of halogens is 1. The smallest absolute Gasteiger partial charge is 0.407 e. The summed E-state index contributed by atoms with van der Waals surface area (Å²) in [6, 6.07) is 2.45. The van der Waals surface area contributed by atoms with Gasteiger partial charge in [0, 0.05) is 44.0 Å². The van der Waals surface area contributed by atoms with E-state index in [1.165, 1.54) is 18.1 Å². The van der Waals surface area contributed by atoms with Crippen molar-refractivity contribution in [1.82, 2.24) is 4.90 Å². The number of ether oxygens (including phenoxy) is 1. The van der Waals surface area contributed by atoms with E-state index in [-0.39, 0.29) is 18.8 Å². The third kappa shape index (κ3) is 2.96. The summed E-state index contributed by atoms with van der Waals surface area (Å²) in [5, 5.41) is 19.7. The highest BCUT2D eigenvalue weighted by Crippen LogP contribution is 2.34. The number of piperazine rings is 1. The molecular formula is C12H14FN3O5. The summed E-state index contributed by atoms with van der Waals surface area (Å²) < 4.78 is 18.7. The standard InChI is InChI=1S/C12H14FN3O5/c1-21-10-7-8(6-9(13)11(10)16(19)20)14-2-4-15(5-3-14)12(17)18/h6-7H,2-5H2,1H3,(H,17,18). The molecule has 1 heterocycles. The largest absolute Gasteiger partial charge is 0.490 e. The number of nitro groups is 1. The van der Waals surface area contributed by atoms with Crippen LogP contribution in [0.25, 0.3) is 0 Å². The molecule has 1 aromatic carbocycles. The lowest BCUT2D eigenvalue weighted by atomic mass is 10.2. The number of hydrogen-bond donors (Lipinski definition) is 1. The van der Waals surface area contributed by atoms with Gasteiger partial charge < -0.3 is 19.6 Å². The Bertz CT molecular complexity index is 572. The molecule has 0 aliphatic carbocycles. The third-order valence-electron chi connectivity index (χ3n) is 3.33. The average molecular weight is 299 g/mol. The first-order chi connectivity index (χ1) is 9.93. The lowest BCUT2D eigenvalue weighted by molar-refractivity contribution is -0.388. The van der Waals surface area contributed by atoms with E-state index in [2.05, 4.69) is 0 Å². The molecule has 0 spiro atoms. The summed E-state index contributed by atoms with van der Waals surface area (Å²) >= 11 is 0. The van der Waals surface area contributed by atoms with Gasteiger partial charge in [-0.15, -0.1) is 0 Å². The molecule has 8 nitrogen and oxygen atoms in total. The molecule has 1 N–H and O–H groups in total. The number of carbonyl (C=O) groups is 1. The van der Waals surface area contributed by atoms with Gasteiger partial charge >= 0.3 is 11.8 Å². The van der Waals surface area contributed by atoms with Crippen LogP contribution in [0.15, 0.2) is 12.1 Å². The number of amides is 1. The molecule has 9 heteroatoms. The normalized spacial score (nSPS) is 15.0. The number of methoxy groups -OCH3 is 1. The third-order valence-corrected chi connectivity index (χ3v) is 3.33. The first kappa shape index (κ1) is 14.8. The van der Waals surface area contributed by atoms with Crippen LogP contribution in [-0.4, -0.2) is 54.3 Å². The van der Waals surface area contributed by atoms with Crippen LogP contribution in [0.4, 0.5) is 20.6 Å². The Labute approximate surface area is 119 Å². The van der Waals surface area contributed by atoms with E-state index in [1.54, 1.807) is 4.90 Å². The summed E-state index contributed by atoms with van der Waals surface area (Å²) in [4.78, 5) is 23.8. The summed E-state index contributed by atoms with van der Waals surface area (Å²) in [7, 11) is 1.23. The van der Waals surface area contributed by atoms with Crippen molar-refractivity contribution < 1.29 is 24.0 Å². The fourth-order valence-corrected chi connectivity index (χ4v) is 2.23. The topological polar surface area (TPSA) is 96.2 Å². The molecule has 1 fully saturated rings. The summed E-state index contributed by atoms with van der Waals surface area (Å²) in [6.07, 6.45) is -0.998. The highest BCUT2D eigenvalue weighted by Gasteiger charge is 2.26. The number of anilines is 1. The van der Waals surface area contributed by atoms with Gasteiger partial charge in [-0.2, -0.15) is 4.39 Å². The van der Waals surface area contributed by atoms with Crippen LogP contribution >= 0.6 is 0 Å². The van der Waals surface area contributed by atoms with Crippen LogP contribution in [0.5, 0.6) is 5.75 Å². The Balaban J connectivity index is 2.24. The fourth-order valence-electron chi connectivity index (χ4n) is 2.23. The van der Waals surface area contributed by atoms with Gasteiger partial charge in [-0.1, -0.05) is 0 Å². The number of rotatable bonds is 3. The van der Waals surface area contributed by atoms with E-state index in [1.807, 2.05) is 0 Å². The first-order valence-electron chi connectivity index (χ1n) is 6.18. The molecule has 1 amide bonds. The second-order valence-corrected chi connectivity index (χ2v) is 4.49. The van der Waals surface area contributed by atoms with Gasteiger partial charge in [-0.05, 0) is 0 Å². The molecule has 2 rings (SSSR count). The van der Waals surface area contributed by atoms with Crippen LogP contribution < -0.4 is 9.64 Å². The van der Waals surface area contributed by atoms with Crippen LogP contribution in [0.2, 0.25) is 0 Å². The molecule has 1 aliphatic rings. The highest BCUT2D eigenvalue weighted by atomic mass is 19.1. The van der Waals surface area contributed by atoms with Gasteiger partial charge in [0.05, 0.1) is 12.0 Å². The zero-order valence-electron chi connectivity index (χ0n) is 11.3. The highest BCUT2D eigenvalue weighted by molar-refractivity contribution is 5.66. The predicted octanol–water partition coefficient (Wildman–Crippen LogP) is 1.54. The predicted molar refractivity (Wildman–Crippen MR) is 71.4 cm³/mol. The van der Waals surface area contributed by atoms with Crippen molar-refractivity contribution in [3.8, 4) is 5.75 Å². The van der Waals surface area contributed by atoms with Gasteiger partial charge in [0.1, 0.15) is 0 Å². The molecule has 1 saturated heterocycles. The van der Waals surface area contributed by atoms with Crippen molar-refractivity contribution in [3.63, 3.8) is 0 Å². The van der Waals surface area contributed by atoms with Crippen LogP contribution in [0.3, 0.4) is 0 Å². The first-order valence-corrected chi connectivity index (χ1v) is 6.18. The SMILES string of the molecule is COc1cc(N2CCN(C(=O)O)CC2)cc(F)c1[N+](=O)[O-]. The molecule has 1 aliphatic heterocycles. The molecular weight excluding hydrogens is 285 g/mol. The Kier molecular flexibility index (Phi) is 4.10. The minimum absolute atomic E-state index is 0.157. The quantitative estimate of drug-likeness (QED) is 0.672. The van der Waals surface area contributed by atoms with Crippen molar-refractivity contribution in [2.24, 2.45) is 0 Å². The molecule has 0 saturated carbocycles. The Hall–Kier alpha value is -2.58. The molecule has 114 valence electrons. The maximum atomic E-state index is 13.9. The van der Waals surface area contributed by atoms with Crippen LogP contribution in [0.1, 0.15) is 0 Å². The molecule has 0 aromatic heterocycles. The maximum absolute atomic E-state index is 13.9. The number of nitro benzene ring substituents is 1. The Morgan fingerprint density at radius 3 is 2.48 bits per heavy atom. The van der Waals surface area contributed by atoms with Crippen molar-refractivity contribution in [2.45, 2.75) is 0 Å². The van der Waals surface area contributed by atoms with Crippen molar-refractivity contribution in [2.75, 3.05) is 38.2 Å². The van der Waals surface area contributed by atoms with E-state index >= 15 is 0 Å². The molecule has 0 bridgehead atoms. The monoisotopic (exact) mass is 299 g/mol. The molecule has 0 atom stereocenters. The number of carboxylic acid groups (broad SMARTS) is 1. The second-order valence-electron chi connectivity index (χ2n) is 4.49.